The monoisotopic (exact) mass is 264 g/mol. The molecule has 0 bridgehead atoms. The van der Waals surface area contributed by atoms with E-state index < -0.39 is 0 Å². The van der Waals surface area contributed by atoms with Gasteiger partial charge < -0.3 is 20.1 Å². The molecule has 0 fully saturated rings. The minimum absolute atomic E-state index is 0.0273. The molecule has 0 aliphatic heterocycles. The maximum Gasteiger partial charge on any atom is 0.186 e. The van der Waals surface area contributed by atoms with E-state index in [2.05, 4.69) is 10.3 Å². The SMILES string of the molecule is CC.CNc1cc2cc(C(C)=O)[nH]c2c(OC)c1O. The van der Waals surface area contributed by atoms with Crippen LogP contribution in [-0.4, -0.2) is 30.0 Å². The number of nitrogens with one attached hydrogen (secondary N) is 2. The molecule has 0 saturated carbocycles. The molecule has 5 nitrogen and oxygen atoms in total. The standard InChI is InChI=1S/C12H14N2O3.C2H6/c1-6(15)8-4-7-5-9(13-2)11(16)12(17-3)10(7)14-8;1-2/h4-5,13-14,16H,1-3H3;1-2H3. The molecule has 0 saturated heterocycles. The Kier molecular flexibility index (Phi) is 4.80. The number of carbonyl (C=O) groups excluding carboxylic acids is 1. The van der Waals surface area contributed by atoms with Crippen LogP contribution in [0.1, 0.15) is 31.3 Å². The van der Waals surface area contributed by atoms with Gasteiger partial charge in [-0.2, -0.15) is 0 Å². The fraction of sp³-hybridized carbons (Fsp3) is 0.357. The lowest BCUT2D eigenvalue weighted by Crippen LogP contribution is -1.93. The second-order valence-corrected chi connectivity index (χ2v) is 3.76. The Morgan fingerprint density at radius 2 is 2.00 bits per heavy atom. The first-order valence-corrected chi connectivity index (χ1v) is 6.19. The van der Waals surface area contributed by atoms with Gasteiger partial charge >= 0.3 is 0 Å². The van der Waals surface area contributed by atoms with Gasteiger partial charge in [-0.3, -0.25) is 4.79 Å². The van der Waals surface area contributed by atoms with Crippen molar-refractivity contribution in [3.05, 3.63) is 17.8 Å². The summed E-state index contributed by atoms with van der Waals surface area (Å²) in [6.45, 7) is 5.48. The number of Topliss-reactive ketones (excluding diaryl/α,β-unsaturated/α-hetero) is 1. The van der Waals surface area contributed by atoms with Crippen LogP contribution in [0, 0.1) is 0 Å². The number of hydrogen-bond acceptors (Lipinski definition) is 4. The van der Waals surface area contributed by atoms with E-state index in [1.54, 1.807) is 19.2 Å². The van der Waals surface area contributed by atoms with Crippen LogP contribution in [0.15, 0.2) is 12.1 Å². The van der Waals surface area contributed by atoms with Crippen molar-refractivity contribution in [1.82, 2.24) is 4.98 Å². The number of aromatic hydroxyl groups is 1. The highest BCUT2D eigenvalue weighted by atomic mass is 16.5. The molecule has 2 rings (SSSR count). The van der Waals surface area contributed by atoms with Gasteiger partial charge in [0.15, 0.2) is 17.3 Å². The van der Waals surface area contributed by atoms with Crippen LogP contribution in [0.5, 0.6) is 11.5 Å². The Bertz CT molecular complexity index is 588. The molecular weight excluding hydrogens is 244 g/mol. The van der Waals surface area contributed by atoms with Gasteiger partial charge in [-0.05, 0) is 12.1 Å². The molecule has 0 aliphatic rings. The molecule has 1 aromatic carbocycles. The molecule has 1 aromatic heterocycles. The van der Waals surface area contributed by atoms with E-state index in [4.69, 9.17) is 4.74 Å². The molecular formula is C14H20N2O3. The van der Waals surface area contributed by atoms with Crippen LogP contribution in [0.25, 0.3) is 10.9 Å². The molecule has 1 heterocycles. The largest absolute Gasteiger partial charge is 0.503 e. The first-order chi connectivity index (χ1) is 9.08. The van der Waals surface area contributed by atoms with Crippen LogP contribution >= 0.6 is 0 Å². The summed E-state index contributed by atoms with van der Waals surface area (Å²) in [5.74, 6) is 0.299. The second kappa shape index (κ2) is 6.13. The maximum absolute atomic E-state index is 11.3. The minimum Gasteiger partial charge on any atom is -0.503 e. The number of phenolic OH excluding ortho intramolecular Hbond substituents is 1. The molecule has 19 heavy (non-hydrogen) atoms. The summed E-state index contributed by atoms with van der Waals surface area (Å²) < 4.78 is 5.16. The Balaban J connectivity index is 0.000000861. The highest BCUT2D eigenvalue weighted by molar-refractivity contribution is 6.01. The van der Waals surface area contributed by atoms with Gasteiger partial charge in [0.2, 0.25) is 0 Å². The zero-order valence-electron chi connectivity index (χ0n) is 11.9. The molecule has 0 amide bonds. The normalized spacial score (nSPS) is 9.74. The summed E-state index contributed by atoms with van der Waals surface area (Å²) in [5.41, 5.74) is 1.67. The van der Waals surface area contributed by atoms with Crippen LogP contribution in [0.2, 0.25) is 0 Å². The van der Waals surface area contributed by atoms with Crippen LogP contribution in [-0.2, 0) is 0 Å². The van der Waals surface area contributed by atoms with E-state index in [-0.39, 0.29) is 11.5 Å². The van der Waals surface area contributed by atoms with Crippen LogP contribution in [0.4, 0.5) is 5.69 Å². The number of H-pyrrole nitrogens is 1. The summed E-state index contributed by atoms with van der Waals surface area (Å²) in [6, 6.07) is 3.50. The lowest BCUT2D eigenvalue weighted by atomic mass is 10.2. The van der Waals surface area contributed by atoms with E-state index in [0.29, 0.717) is 22.6 Å². The number of aromatic nitrogens is 1. The number of ketones is 1. The quantitative estimate of drug-likeness (QED) is 0.588. The number of benzene rings is 1. The van der Waals surface area contributed by atoms with Crippen molar-refractivity contribution >= 4 is 22.4 Å². The molecule has 2 aromatic rings. The zero-order chi connectivity index (χ0) is 14.6. The Hall–Kier alpha value is -2.17. The lowest BCUT2D eigenvalue weighted by molar-refractivity contribution is 0.101. The molecule has 5 heteroatoms. The number of phenols is 1. The van der Waals surface area contributed by atoms with Crippen molar-refractivity contribution in [3.63, 3.8) is 0 Å². The fourth-order valence-corrected chi connectivity index (χ4v) is 1.82. The number of hydrogen-bond donors (Lipinski definition) is 3. The van der Waals surface area contributed by atoms with Crippen molar-refractivity contribution < 1.29 is 14.6 Å². The number of carbonyl (C=O) groups is 1. The summed E-state index contributed by atoms with van der Waals surface area (Å²) in [5, 5.41) is 13.6. The predicted octanol–water partition coefficient (Wildman–Crippen LogP) is 3.15. The molecule has 0 unspecified atom stereocenters. The van der Waals surface area contributed by atoms with Crippen molar-refractivity contribution in [1.29, 1.82) is 0 Å². The molecule has 0 spiro atoms. The van der Waals surface area contributed by atoms with E-state index in [0.717, 1.165) is 5.39 Å². The smallest absolute Gasteiger partial charge is 0.186 e. The van der Waals surface area contributed by atoms with Gasteiger partial charge in [-0.1, -0.05) is 13.8 Å². The average Bonchev–Trinajstić information content (AvgIpc) is 2.84. The zero-order valence-corrected chi connectivity index (χ0v) is 11.9. The van der Waals surface area contributed by atoms with E-state index in [1.807, 2.05) is 13.8 Å². The summed E-state index contributed by atoms with van der Waals surface area (Å²) in [6.07, 6.45) is 0. The maximum atomic E-state index is 11.3. The Morgan fingerprint density at radius 1 is 1.37 bits per heavy atom. The van der Waals surface area contributed by atoms with Gasteiger partial charge in [0.1, 0.15) is 0 Å². The average molecular weight is 264 g/mol. The van der Waals surface area contributed by atoms with Gasteiger partial charge in [-0.25, -0.2) is 0 Å². The molecule has 104 valence electrons. The number of rotatable bonds is 3. The van der Waals surface area contributed by atoms with Gasteiger partial charge in [0.05, 0.1) is 24.0 Å². The highest BCUT2D eigenvalue weighted by Gasteiger charge is 2.16. The fourth-order valence-electron chi connectivity index (χ4n) is 1.82. The summed E-state index contributed by atoms with van der Waals surface area (Å²) in [4.78, 5) is 14.2. The van der Waals surface area contributed by atoms with Crippen LogP contribution < -0.4 is 10.1 Å². The van der Waals surface area contributed by atoms with Gasteiger partial charge in [-0.15, -0.1) is 0 Å². The van der Waals surface area contributed by atoms with Crippen molar-refractivity contribution in [2.24, 2.45) is 0 Å². The summed E-state index contributed by atoms with van der Waals surface area (Å²) in [7, 11) is 3.18. The molecule has 0 atom stereocenters. The van der Waals surface area contributed by atoms with Crippen molar-refractivity contribution in [3.8, 4) is 11.5 Å². The van der Waals surface area contributed by atoms with Crippen molar-refractivity contribution in [2.45, 2.75) is 20.8 Å². The first kappa shape index (κ1) is 14.9. The minimum atomic E-state index is -0.0613. The van der Waals surface area contributed by atoms with Crippen molar-refractivity contribution in [2.75, 3.05) is 19.5 Å². The lowest BCUT2D eigenvalue weighted by Gasteiger charge is -2.09. The third kappa shape index (κ3) is 2.65. The Labute approximate surface area is 112 Å². The summed E-state index contributed by atoms with van der Waals surface area (Å²) >= 11 is 0. The molecule has 0 radical (unpaired) electrons. The number of fused-ring (bicyclic) bond motifs is 1. The topological polar surface area (TPSA) is 74.4 Å². The van der Waals surface area contributed by atoms with Crippen LogP contribution in [0.3, 0.4) is 0 Å². The van der Waals surface area contributed by atoms with E-state index in [9.17, 15) is 9.90 Å². The number of methoxy groups -OCH3 is 1. The van der Waals surface area contributed by atoms with E-state index in [1.165, 1.54) is 14.0 Å². The number of ether oxygens (including phenoxy) is 1. The predicted molar refractivity (Wildman–Crippen MR) is 77.4 cm³/mol. The third-order valence-corrected chi connectivity index (χ3v) is 2.70. The third-order valence-electron chi connectivity index (χ3n) is 2.70. The van der Waals surface area contributed by atoms with Gasteiger partial charge in [0.25, 0.3) is 0 Å². The second-order valence-electron chi connectivity index (χ2n) is 3.76. The first-order valence-electron chi connectivity index (χ1n) is 6.19. The van der Waals surface area contributed by atoms with Gasteiger partial charge in [0, 0.05) is 19.4 Å². The Morgan fingerprint density at radius 3 is 2.47 bits per heavy atom. The molecule has 0 aliphatic carbocycles. The number of aromatic amines is 1. The van der Waals surface area contributed by atoms with E-state index >= 15 is 0 Å². The highest BCUT2D eigenvalue weighted by Crippen LogP contribution is 2.40. The number of anilines is 1. The molecule has 3 N–H and O–H groups in total.